The van der Waals surface area contributed by atoms with Crippen LogP contribution in [0.5, 0.6) is 0 Å². The van der Waals surface area contributed by atoms with Crippen molar-refractivity contribution in [3.8, 4) is 0 Å². The third kappa shape index (κ3) is 3.71. The summed E-state index contributed by atoms with van der Waals surface area (Å²) in [5.74, 6) is -3.74. The van der Waals surface area contributed by atoms with Gasteiger partial charge in [-0.25, -0.2) is 4.79 Å². The van der Waals surface area contributed by atoms with Gasteiger partial charge in [0.1, 0.15) is 0 Å². The number of allylic oxidation sites excluding steroid dienone is 1. The maximum atomic E-state index is 10.8. The lowest BCUT2D eigenvalue weighted by molar-refractivity contribution is -0.139. The van der Waals surface area contributed by atoms with E-state index in [-0.39, 0.29) is 5.57 Å². The van der Waals surface area contributed by atoms with Crippen LogP contribution in [0.25, 0.3) is 0 Å². The van der Waals surface area contributed by atoms with E-state index in [1.807, 2.05) is 0 Å². The number of aliphatic carboxylic acids is 2. The topological polar surface area (TPSA) is 91.7 Å². The number of rotatable bonds is 4. The Kier molecular flexibility index (Phi) is 4.13. The summed E-state index contributed by atoms with van der Waals surface area (Å²) in [6, 6.07) is 0. The lowest BCUT2D eigenvalue weighted by Gasteiger charge is -1.98. The zero-order valence-corrected chi connectivity index (χ0v) is 7.41. The van der Waals surface area contributed by atoms with Crippen LogP contribution in [0.1, 0.15) is 6.92 Å². The van der Waals surface area contributed by atoms with Crippen molar-refractivity contribution in [2.45, 2.75) is 12.3 Å². The van der Waals surface area contributed by atoms with E-state index in [0.29, 0.717) is 6.08 Å². The summed E-state index contributed by atoms with van der Waals surface area (Å²) in [6.45, 7) is 1.17. The van der Waals surface area contributed by atoms with Crippen molar-refractivity contribution in [1.82, 2.24) is 0 Å². The Labute approximate surface area is 78.6 Å². The molecule has 0 spiro atoms. The molecule has 0 radical (unpaired) electrons. The molecule has 0 rings (SSSR count). The van der Waals surface area contributed by atoms with E-state index in [9.17, 15) is 14.4 Å². The Morgan fingerprint density at radius 3 is 2.08 bits per heavy atom. The normalized spacial score (nSPS) is 13.5. The van der Waals surface area contributed by atoms with Gasteiger partial charge in [-0.3, -0.25) is 9.59 Å². The average Bonchev–Trinajstić information content (AvgIpc) is 2.02. The number of ketones is 1. The van der Waals surface area contributed by atoms with Crippen LogP contribution in [0.15, 0.2) is 11.6 Å². The first-order valence-corrected chi connectivity index (χ1v) is 3.62. The second kappa shape index (κ2) is 4.61. The Balaban J connectivity index is 4.56. The third-order valence-electron chi connectivity index (χ3n) is 1.16. The largest absolute Gasteiger partial charge is 0.480 e. The quantitative estimate of drug-likeness (QED) is 0.392. The fraction of sp³-hybridized carbons (Fsp3) is 0.286. The van der Waals surface area contributed by atoms with Gasteiger partial charge < -0.3 is 10.2 Å². The molecule has 0 fully saturated rings. The number of carboxylic acids is 2. The Morgan fingerprint density at radius 1 is 1.31 bits per heavy atom. The number of carboxylic acid groups (broad SMARTS) is 2. The zero-order valence-electron chi connectivity index (χ0n) is 6.65. The molecule has 0 aromatic carbocycles. The average molecular weight is 207 g/mol. The number of carbonyl (C=O) groups is 3. The fourth-order valence-corrected chi connectivity index (χ4v) is 0.533. The van der Waals surface area contributed by atoms with E-state index < -0.39 is 23.1 Å². The van der Waals surface area contributed by atoms with Gasteiger partial charge in [0.15, 0.2) is 11.2 Å². The molecule has 72 valence electrons. The van der Waals surface area contributed by atoms with Gasteiger partial charge in [0, 0.05) is 5.57 Å². The van der Waals surface area contributed by atoms with Gasteiger partial charge in [-0.05, 0) is 13.0 Å². The van der Waals surface area contributed by atoms with E-state index in [1.165, 1.54) is 6.92 Å². The van der Waals surface area contributed by atoms with Crippen LogP contribution in [0.3, 0.4) is 0 Å². The third-order valence-corrected chi connectivity index (χ3v) is 1.56. The van der Waals surface area contributed by atoms with Crippen molar-refractivity contribution in [2.24, 2.45) is 0 Å². The number of carbonyl (C=O) groups excluding carboxylic acids is 1. The molecule has 13 heavy (non-hydrogen) atoms. The van der Waals surface area contributed by atoms with Crippen LogP contribution in [0.4, 0.5) is 0 Å². The summed E-state index contributed by atoms with van der Waals surface area (Å²) >= 11 is 5.13. The van der Waals surface area contributed by atoms with Crippen LogP contribution < -0.4 is 0 Å². The van der Waals surface area contributed by atoms with Crippen molar-refractivity contribution < 1.29 is 24.6 Å². The van der Waals surface area contributed by atoms with Gasteiger partial charge in [-0.15, -0.1) is 11.6 Å². The minimum atomic E-state index is -1.73. The molecular weight excluding hydrogens is 200 g/mol. The second-order valence-electron chi connectivity index (χ2n) is 2.24. The Bertz CT molecular complexity index is 281. The first-order valence-electron chi connectivity index (χ1n) is 3.18. The van der Waals surface area contributed by atoms with Crippen LogP contribution in [0.2, 0.25) is 0 Å². The molecule has 0 bridgehead atoms. The molecule has 0 heterocycles. The van der Waals surface area contributed by atoms with E-state index in [0.717, 1.165) is 0 Å². The number of hydrogen-bond donors (Lipinski definition) is 2. The summed E-state index contributed by atoms with van der Waals surface area (Å²) < 4.78 is 0. The van der Waals surface area contributed by atoms with Crippen LogP contribution >= 0.6 is 11.6 Å². The molecule has 0 saturated heterocycles. The fourth-order valence-electron chi connectivity index (χ4n) is 0.470. The maximum Gasteiger partial charge on any atom is 0.331 e. The molecule has 5 nitrogen and oxygen atoms in total. The smallest absolute Gasteiger partial charge is 0.331 e. The maximum absolute atomic E-state index is 10.8. The lowest BCUT2D eigenvalue weighted by atomic mass is 10.2. The highest BCUT2D eigenvalue weighted by Crippen LogP contribution is 2.02. The summed E-state index contributed by atoms with van der Waals surface area (Å²) in [6.07, 6.45) is 0.689. The van der Waals surface area contributed by atoms with Crippen LogP contribution in [-0.2, 0) is 14.4 Å². The lowest BCUT2D eigenvalue weighted by Crippen LogP contribution is -2.23. The highest BCUT2D eigenvalue weighted by molar-refractivity contribution is 6.42. The minimum Gasteiger partial charge on any atom is -0.480 e. The Morgan fingerprint density at radius 2 is 1.77 bits per heavy atom. The van der Waals surface area contributed by atoms with Crippen molar-refractivity contribution in [1.29, 1.82) is 0 Å². The van der Waals surface area contributed by atoms with Gasteiger partial charge in [-0.2, -0.15) is 0 Å². The molecule has 0 aliphatic rings. The molecule has 0 aliphatic carbocycles. The first kappa shape index (κ1) is 11.6. The summed E-state index contributed by atoms with van der Waals surface area (Å²) in [4.78, 5) is 31.2. The molecule has 2 N–H and O–H groups in total. The van der Waals surface area contributed by atoms with Crippen molar-refractivity contribution in [2.75, 3.05) is 0 Å². The highest BCUT2D eigenvalue weighted by Gasteiger charge is 2.21. The van der Waals surface area contributed by atoms with Crippen molar-refractivity contribution in [3.63, 3.8) is 0 Å². The van der Waals surface area contributed by atoms with E-state index >= 15 is 0 Å². The van der Waals surface area contributed by atoms with E-state index in [4.69, 9.17) is 21.8 Å². The predicted molar refractivity (Wildman–Crippen MR) is 43.7 cm³/mol. The summed E-state index contributed by atoms with van der Waals surface area (Å²) in [5, 5.41) is 14.9. The number of alkyl halides is 1. The van der Waals surface area contributed by atoms with Gasteiger partial charge in [0.25, 0.3) is 0 Å². The van der Waals surface area contributed by atoms with Gasteiger partial charge in [-0.1, -0.05) is 0 Å². The zero-order chi connectivity index (χ0) is 10.6. The summed E-state index contributed by atoms with van der Waals surface area (Å²) in [5.41, 5.74) is -0.253. The molecular formula is C7H7ClO5. The van der Waals surface area contributed by atoms with Crippen LogP contribution in [0, 0.1) is 0 Å². The molecule has 1 atom stereocenters. The van der Waals surface area contributed by atoms with Crippen molar-refractivity contribution in [3.05, 3.63) is 11.6 Å². The molecule has 0 aromatic rings. The SMILES string of the molecule is C/C(=C\C(=O)C(Cl)C(=O)O)C(=O)O. The van der Waals surface area contributed by atoms with Gasteiger partial charge in [0.2, 0.25) is 0 Å². The molecule has 1 unspecified atom stereocenters. The highest BCUT2D eigenvalue weighted by atomic mass is 35.5. The predicted octanol–water partition coefficient (Wildman–Crippen LogP) is 0.278. The number of hydrogen-bond acceptors (Lipinski definition) is 3. The van der Waals surface area contributed by atoms with Gasteiger partial charge >= 0.3 is 11.9 Å². The molecule has 0 saturated carbocycles. The standard InChI is InChI=1S/C7H7ClO5/c1-3(6(10)11)2-4(9)5(8)7(12)13/h2,5H,1H3,(H,10,11)(H,12,13)/b3-2+. The minimum absolute atomic E-state index is 0.253. The molecule has 0 aliphatic heterocycles. The first-order chi connectivity index (χ1) is 5.86. The Hall–Kier alpha value is -1.36. The summed E-state index contributed by atoms with van der Waals surface area (Å²) in [7, 11) is 0. The molecule has 0 aromatic heterocycles. The molecule has 6 heteroatoms. The number of halogens is 1. The van der Waals surface area contributed by atoms with E-state index in [2.05, 4.69) is 0 Å². The molecule has 0 amide bonds. The second-order valence-corrected chi connectivity index (χ2v) is 2.67. The van der Waals surface area contributed by atoms with E-state index in [1.54, 1.807) is 0 Å². The van der Waals surface area contributed by atoms with Crippen LogP contribution in [-0.4, -0.2) is 33.3 Å². The van der Waals surface area contributed by atoms with Gasteiger partial charge in [0.05, 0.1) is 0 Å². The van der Waals surface area contributed by atoms with Crippen molar-refractivity contribution >= 4 is 29.3 Å². The monoisotopic (exact) mass is 206 g/mol.